The average Bonchev–Trinajstić information content (AvgIpc) is 2.95. The van der Waals surface area contributed by atoms with Gasteiger partial charge in [0, 0.05) is 23.1 Å². The molecule has 2 aromatic carbocycles. The van der Waals surface area contributed by atoms with Gasteiger partial charge in [0.15, 0.2) is 0 Å². The number of para-hydroxylation sites is 1. The van der Waals surface area contributed by atoms with E-state index in [9.17, 15) is 5.11 Å². The minimum Gasteiger partial charge on any atom is -0.370 e. The van der Waals surface area contributed by atoms with Crippen LogP contribution in [-0.2, 0) is 11.5 Å². The van der Waals surface area contributed by atoms with E-state index in [4.69, 9.17) is 23.2 Å². The van der Waals surface area contributed by atoms with E-state index in [1.165, 1.54) is 16.9 Å². The average molecular weight is 392 g/mol. The molecule has 1 radical (unpaired) electrons. The molecule has 0 atom stereocenters. The highest BCUT2D eigenvalue weighted by molar-refractivity contribution is 7.20. The molecule has 0 amide bonds. The summed E-state index contributed by atoms with van der Waals surface area (Å²) in [6.45, 7) is 1.95. The van der Waals surface area contributed by atoms with Crippen LogP contribution in [-0.4, -0.2) is 18.1 Å². The number of halogens is 2. The van der Waals surface area contributed by atoms with Crippen molar-refractivity contribution in [1.29, 1.82) is 0 Å². The molecule has 25 heavy (non-hydrogen) atoms. The van der Waals surface area contributed by atoms with E-state index < -0.39 is 0 Å². The SMILES string of the molecule is [O]c1nc2c(N3CCC(Cc4cc(Cl)cc(Cl)c4)CC3)cccc2s1. The number of nitrogens with zero attached hydrogens (tertiary/aromatic N) is 2. The molecule has 0 N–H and O–H groups in total. The van der Waals surface area contributed by atoms with Crippen molar-refractivity contribution in [3.05, 3.63) is 52.0 Å². The molecule has 0 bridgehead atoms. The first-order valence-electron chi connectivity index (χ1n) is 8.35. The maximum atomic E-state index is 11.6. The molecule has 6 heteroatoms. The molecule has 0 unspecified atom stereocenters. The number of hydrogen-bond donors (Lipinski definition) is 0. The molecule has 1 aliphatic heterocycles. The van der Waals surface area contributed by atoms with Crippen molar-refractivity contribution >= 4 is 50.4 Å². The number of hydrogen-bond acceptors (Lipinski definition) is 3. The molecule has 1 saturated heterocycles. The first-order valence-corrected chi connectivity index (χ1v) is 9.92. The van der Waals surface area contributed by atoms with Gasteiger partial charge in [-0.3, -0.25) is 5.11 Å². The lowest BCUT2D eigenvalue weighted by molar-refractivity contribution is 0.353. The normalized spacial score (nSPS) is 15.8. The summed E-state index contributed by atoms with van der Waals surface area (Å²) in [5.74, 6) is 0.621. The standard InChI is InChI=1S/C19H17Cl2N2OS/c20-14-9-13(10-15(21)11-14)8-12-4-6-23(7-5-12)16-2-1-3-17-18(16)22-19(24)25-17/h1-3,9-12H,4-8H2. The van der Waals surface area contributed by atoms with Gasteiger partial charge in [-0.15, -0.1) is 0 Å². The Morgan fingerprint density at radius 3 is 2.56 bits per heavy atom. The van der Waals surface area contributed by atoms with Crippen LogP contribution in [0.3, 0.4) is 0 Å². The van der Waals surface area contributed by atoms with E-state index in [0.29, 0.717) is 16.0 Å². The predicted octanol–water partition coefficient (Wildman–Crippen LogP) is 6.21. The van der Waals surface area contributed by atoms with Crippen molar-refractivity contribution in [2.24, 2.45) is 5.92 Å². The second-order valence-electron chi connectivity index (χ2n) is 6.52. The zero-order valence-electron chi connectivity index (χ0n) is 13.5. The summed E-state index contributed by atoms with van der Waals surface area (Å²) in [4.78, 5) is 6.54. The minimum absolute atomic E-state index is 0.116. The van der Waals surface area contributed by atoms with Gasteiger partial charge in [0.1, 0.15) is 5.52 Å². The van der Waals surface area contributed by atoms with Gasteiger partial charge in [-0.05, 0) is 61.1 Å². The van der Waals surface area contributed by atoms with Crippen molar-refractivity contribution < 1.29 is 5.11 Å². The lowest BCUT2D eigenvalue weighted by Crippen LogP contribution is -2.34. The Labute approximate surface area is 160 Å². The topological polar surface area (TPSA) is 36.0 Å². The fourth-order valence-electron chi connectivity index (χ4n) is 3.61. The van der Waals surface area contributed by atoms with Crippen LogP contribution in [0.1, 0.15) is 18.4 Å². The van der Waals surface area contributed by atoms with Gasteiger partial charge in [-0.2, -0.15) is 4.98 Å². The molecule has 4 rings (SSSR count). The molecule has 3 aromatic rings. The second kappa shape index (κ2) is 7.02. The molecular formula is C19H17Cl2N2OS. The van der Waals surface area contributed by atoms with Crippen LogP contribution in [0, 0.1) is 5.92 Å². The Kier molecular flexibility index (Phi) is 4.76. The van der Waals surface area contributed by atoms with E-state index >= 15 is 0 Å². The van der Waals surface area contributed by atoms with Crippen molar-refractivity contribution in [2.75, 3.05) is 18.0 Å². The lowest BCUT2D eigenvalue weighted by Gasteiger charge is -2.33. The Morgan fingerprint density at radius 2 is 1.84 bits per heavy atom. The van der Waals surface area contributed by atoms with Gasteiger partial charge < -0.3 is 4.90 Å². The zero-order valence-corrected chi connectivity index (χ0v) is 15.9. The number of benzene rings is 2. The number of piperidine rings is 1. The smallest absolute Gasteiger partial charge is 0.327 e. The molecule has 0 aliphatic carbocycles. The highest BCUT2D eigenvalue weighted by Gasteiger charge is 2.22. The van der Waals surface area contributed by atoms with Crippen LogP contribution in [0.5, 0.6) is 5.19 Å². The predicted molar refractivity (Wildman–Crippen MR) is 105 cm³/mol. The molecule has 2 heterocycles. The van der Waals surface area contributed by atoms with Gasteiger partial charge in [-0.25, -0.2) is 0 Å². The summed E-state index contributed by atoms with van der Waals surface area (Å²) in [7, 11) is 0. The van der Waals surface area contributed by atoms with Crippen LogP contribution < -0.4 is 4.90 Å². The van der Waals surface area contributed by atoms with Gasteiger partial charge in [-0.1, -0.05) is 40.6 Å². The monoisotopic (exact) mass is 391 g/mol. The molecule has 0 saturated carbocycles. The van der Waals surface area contributed by atoms with E-state index in [2.05, 4.69) is 16.0 Å². The third-order valence-electron chi connectivity index (χ3n) is 4.78. The highest BCUT2D eigenvalue weighted by atomic mass is 35.5. The van der Waals surface area contributed by atoms with Gasteiger partial charge in [0.05, 0.1) is 10.4 Å². The quantitative estimate of drug-likeness (QED) is 0.532. The fourth-order valence-corrected chi connectivity index (χ4v) is 4.90. The molecule has 1 fully saturated rings. The second-order valence-corrected chi connectivity index (χ2v) is 8.38. The lowest BCUT2D eigenvalue weighted by atomic mass is 9.90. The van der Waals surface area contributed by atoms with Gasteiger partial charge in [0.2, 0.25) is 0 Å². The molecular weight excluding hydrogens is 375 g/mol. The largest absolute Gasteiger partial charge is 0.370 e. The summed E-state index contributed by atoms with van der Waals surface area (Å²) in [6.07, 6.45) is 3.21. The zero-order chi connectivity index (χ0) is 17.4. The Hall–Kier alpha value is -1.49. The summed E-state index contributed by atoms with van der Waals surface area (Å²) in [5.41, 5.74) is 3.13. The summed E-state index contributed by atoms with van der Waals surface area (Å²) in [5, 5.41) is 12.9. The van der Waals surface area contributed by atoms with E-state index in [1.54, 1.807) is 6.07 Å². The maximum absolute atomic E-state index is 11.6. The van der Waals surface area contributed by atoms with Crippen LogP contribution in [0.4, 0.5) is 5.69 Å². The van der Waals surface area contributed by atoms with Crippen molar-refractivity contribution in [2.45, 2.75) is 19.3 Å². The third-order valence-corrected chi connectivity index (χ3v) is 6.03. The number of rotatable bonds is 3. The molecule has 1 aliphatic rings. The summed E-state index contributed by atoms with van der Waals surface area (Å²) in [6, 6.07) is 11.8. The van der Waals surface area contributed by atoms with Crippen molar-refractivity contribution in [3.8, 4) is 5.19 Å². The Morgan fingerprint density at radius 1 is 1.12 bits per heavy atom. The van der Waals surface area contributed by atoms with Crippen LogP contribution in [0.15, 0.2) is 36.4 Å². The molecule has 3 nitrogen and oxygen atoms in total. The highest BCUT2D eigenvalue weighted by Crippen LogP contribution is 2.35. The fraction of sp³-hybridized carbons (Fsp3) is 0.316. The van der Waals surface area contributed by atoms with Gasteiger partial charge >= 0.3 is 5.19 Å². The summed E-state index contributed by atoms with van der Waals surface area (Å²) >= 11 is 13.4. The van der Waals surface area contributed by atoms with Crippen LogP contribution >= 0.6 is 34.5 Å². The summed E-state index contributed by atoms with van der Waals surface area (Å²) < 4.78 is 0.971. The van der Waals surface area contributed by atoms with E-state index in [0.717, 1.165) is 48.3 Å². The number of anilines is 1. The number of aromatic nitrogens is 1. The Balaban J connectivity index is 1.46. The molecule has 1 aromatic heterocycles. The molecule has 0 spiro atoms. The maximum Gasteiger partial charge on any atom is 0.327 e. The van der Waals surface area contributed by atoms with Crippen LogP contribution in [0.2, 0.25) is 10.0 Å². The number of thiazole rings is 1. The van der Waals surface area contributed by atoms with Crippen molar-refractivity contribution in [3.63, 3.8) is 0 Å². The minimum atomic E-state index is -0.116. The number of fused-ring (bicyclic) bond motifs is 1. The first kappa shape index (κ1) is 17.0. The molecule has 129 valence electrons. The van der Waals surface area contributed by atoms with E-state index in [1.807, 2.05) is 24.3 Å². The van der Waals surface area contributed by atoms with Crippen molar-refractivity contribution in [1.82, 2.24) is 4.98 Å². The first-order chi connectivity index (χ1) is 12.1. The third kappa shape index (κ3) is 3.71. The Bertz CT molecular complexity index is 883. The van der Waals surface area contributed by atoms with E-state index in [-0.39, 0.29) is 5.19 Å². The van der Waals surface area contributed by atoms with Gasteiger partial charge in [0.25, 0.3) is 0 Å². The van der Waals surface area contributed by atoms with Crippen LogP contribution in [0.25, 0.3) is 10.2 Å².